The van der Waals surface area contributed by atoms with E-state index in [1.54, 1.807) is 0 Å². The monoisotopic (exact) mass is 217 g/mol. The number of hydrogen-bond donors (Lipinski definition) is 1. The molecule has 0 aromatic heterocycles. The van der Waals surface area contributed by atoms with Crippen LogP contribution in [-0.2, 0) is 0 Å². The van der Waals surface area contributed by atoms with Gasteiger partial charge in [0, 0.05) is 11.7 Å². The van der Waals surface area contributed by atoms with Crippen molar-refractivity contribution in [2.45, 2.75) is 52.5 Å². The van der Waals surface area contributed by atoms with E-state index in [4.69, 9.17) is 0 Å². The molecule has 1 fully saturated rings. The zero-order chi connectivity index (χ0) is 11.8. The number of anilines is 1. The fraction of sp³-hybridized carbons (Fsp3) is 0.600. The number of hydrogen-bond acceptors (Lipinski definition) is 1. The molecule has 0 amide bonds. The maximum atomic E-state index is 3.61. The Bertz CT molecular complexity index is 346. The Kier molecular flexibility index (Phi) is 2.96. The number of benzene rings is 1. The van der Waals surface area contributed by atoms with Crippen LogP contribution in [0, 0.1) is 5.41 Å². The summed E-state index contributed by atoms with van der Waals surface area (Å²) in [5, 5.41) is 3.61. The molecule has 1 aliphatic rings. The molecule has 88 valence electrons. The van der Waals surface area contributed by atoms with Gasteiger partial charge in [-0.1, -0.05) is 32.9 Å². The summed E-state index contributed by atoms with van der Waals surface area (Å²) in [6, 6.07) is 9.45. The summed E-state index contributed by atoms with van der Waals surface area (Å²) in [5.74, 6) is 0.618. The highest BCUT2D eigenvalue weighted by Gasteiger charge is 2.42. The molecule has 0 saturated heterocycles. The first-order valence-corrected chi connectivity index (χ1v) is 6.38. The lowest BCUT2D eigenvalue weighted by atomic mass is 9.99. The molecule has 0 heterocycles. The van der Waals surface area contributed by atoms with E-state index >= 15 is 0 Å². The van der Waals surface area contributed by atoms with E-state index < -0.39 is 0 Å². The van der Waals surface area contributed by atoms with Crippen molar-refractivity contribution in [1.29, 1.82) is 0 Å². The Morgan fingerprint density at radius 1 is 1.06 bits per heavy atom. The first kappa shape index (κ1) is 11.5. The quantitative estimate of drug-likeness (QED) is 0.787. The van der Waals surface area contributed by atoms with Gasteiger partial charge in [0.25, 0.3) is 0 Å². The van der Waals surface area contributed by atoms with Gasteiger partial charge in [-0.05, 0) is 48.8 Å². The lowest BCUT2D eigenvalue weighted by Gasteiger charge is -2.21. The van der Waals surface area contributed by atoms with Gasteiger partial charge in [-0.2, -0.15) is 0 Å². The summed E-state index contributed by atoms with van der Waals surface area (Å²) in [4.78, 5) is 0. The average Bonchev–Trinajstić information content (AvgIpc) is 2.99. The molecule has 1 aliphatic carbocycles. The summed E-state index contributed by atoms with van der Waals surface area (Å²) < 4.78 is 0. The molecule has 1 aromatic rings. The molecule has 1 atom stereocenters. The van der Waals surface area contributed by atoms with Crippen LogP contribution in [0.15, 0.2) is 24.3 Å². The molecule has 1 nitrogen and oxygen atoms in total. The van der Waals surface area contributed by atoms with Crippen LogP contribution < -0.4 is 5.32 Å². The molecule has 16 heavy (non-hydrogen) atoms. The average molecular weight is 217 g/mol. The maximum Gasteiger partial charge on any atom is 0.0342 e. The van der Waals surface area contributed by atoms with Gasteiger partial charge in [0.1, 0.15) is 0 Å². The van der Waals surface area contributed by atoms with Gasteiger partial charge in [-0.15, -0.1) is 0 Å². The zero-order valence-electron chi connectivity index (χ0n) is 10.9. The Balaban J connectivity index is 1.99. The molecule has 1 aromatic carbocycles. The fourth-order valence-corrected chi connectivity index (χ4v) is 2.02. The summed E-state index contributed by atoms with van der Waals surface area (Å²) in [5.41, 5.74) is 3.21. The van der Waals surface area contributed by atoms with Crippen LogP contribution in [0.25, 0.3) is 0 Å². The van der Waals surface area contributed by atoms with Crippen LogP contribution in [0.5, 0.6) is 0 Å². The third-order valence-corrected chi connectivity index (χ3v) is 4.04. The lowest BCUT2D eigenvalue weighted by molar-refractivity contribution is 0.493. The molecule has 0 aliphatic heterocycles. The maximum absolute atomic E-state index is 3.61. The normalized spacial score (nSPS) is 19.6. The first-order chi connectivity index (χ1) is 7.51. The van der Waals surface area contributed by atoms with Crippen LogP contribution in [-0.4, -0.2) is 6.04 Å². The minimum atomic E-state index is 0.538. The second-order valence-corrected chi connectivity index (χ2v) is 5.80. The van der Waals surface area contributed by atoms with Crippen LogP contribution in [0.3, 0.4) is 0 Å². The highest BCUT2D eigenvalue weighted by atomic mass is 14.9. The van der Waals surface area contributed by atoms with Gasteiger partial charge in [-0.25, -0.2) is 0 Å². The van der Waals surface area contributed by atoms with Gasteiger partial charge in [0.2, 0.25) is 0 Å². The Hall–Kier alpha value is -0.980. The van der Waals surface area contributed by atoms with E-state index in [1.165, 1.54) is 24.1 Å². The minimum Gasteiger partial charge on any atom is -0.382 e. The lowest BCUT2D eigenvalue weighted by Crippen LogP contribution is -2.24. The SMILES string of the molecule is CC(C)c1ccc(NC(C)C2(C)CC2)cc1. The van der Waals surface area contributed by atoms with E-state index in [9.17, 15) is 0 Å². The smallest absolute Gasteiger partial charge is 0.0342 e. The summed E-state index contributed by atoms with van der Waals surface area (Å²) in [6.07, 6.45) is 2.73. The van der Waals surface area contributed by atoms with Gasteiger partial charge >= 0.3 is 0 Å². The summed E-state index contributed by atoms with van der Waals surface area (Å²) >= 11 is 0. The van der Waals surface area contributed by atoms with Crippen molar-refractivity contribution in [3.63, 3.8) is 0 Å². The molecule has 0 bridgehead atoms. The predicted octanol–water partition coefficient (Wildman–Crippen LogP) is 4.41. The van der Waals surface area contributed by atoms with Crippen molar-refractivity contribution in [3.8, 4) is 0 Å². The topological polar surface area (TPSA) is 12.0 Å². The van der Waals surface area contributed by atoms with Crippen LogP contribution in [0.1, 0.15) is 52.0 Å². The van der Waals surface area contributed by atoms with E-state index in [2.05, 4.69) is 57.3 Å². The van der Waals surface area contributed by atoms with E-state index in [-0.39, 0.29) is 0 Å². The van der Waals surface area contributed by atoms with Crippen molar-refractivity contribution >= 4 is 5.69 Å². The molecule has 1 heteroatoms. The van der Waals surface area contributed by atoms with Crippen LogP contribution >= 0.6 is 0 Å². The summed E-state index contributed by atoms with van der Waals surface area (Å²) in [6.45, 7) is 9.13. The van der Waals surface area contributed by atoms with Gasteiger partial charge in [0.15, 0.2) is 0 Å². The summed E-state index contributed by atoms with van der Waals surface area (Å²) in [7, 11) is 0. The van der Waals surface area contributed by atoms with Crippen molar-refractivity contribution in [2.75, 3.05) is 5.32 Å². The highest BCUT2D eigenvalue weighted by Crippen LogP contribution is 2.48. The first-order valence-electron chi connectivity index (χ1n) is 6.38. The van der Waals surface area contributed by atoms with E-state index in [0.717, 1.165) is 0 Å². The van der Waals surface area contributed by atoms with E-state index in [0.29, 0.717) is 17.4 Å². The molecular formula is C15H23N. The van der Waals surface area contributed by atoms with Crippen molar-refractivity contribution in [3.05, 3.63) is 29.8 Å². The molecular weight excluding hydrogens is 194 g/mol. The Morgan fingerprint density at radius 2 is 1.62 bits per heavy atom. The molecule has 1 saturated carbocycles. The second kappa shape index (κ2) is 4.12. The molecule has 1 N–H and O–H groups in total. The number of nitrogens with one attached hydrogen (secondary N) is 1. The standard InChI is InChI=1S/C15H23N/c1-11(2)13-5-7-14(8-6-13)16-12(3)15(4)9-10-15/h5-8,11-12,16H,9-10H2,1-4H3. The fourth-order valence-electron chi connectivity index (χ4n) is 2.02. The molecule has 0 radical (unpaired) electrons. The van der Waals surface area contributed by atoms with Gasteiger partial charge in [0.05, 0.1) is 0 Å². The minimum absolute atomic E-state index is 0.538. The third kappa shape index (κ3) is 2.40. The number of rotatable bonds is 4. The third-order valence-electron chi connectivity index (χ3n) is 4.04. The highest BCUT2D eigenvalue weighted by molar-refractivity contribution is 5.46. The van der Waals surface area contributed by atoms with Crippen molar-refractivity contribution < 1.29 is 0 Å². The predicted molar refractivity (Wildman–Crippen MR) is 71.0 cm³/mol. The second-order valence-electron chi connectivity index (χ2n) is 5.80. The Morgan fingerprint density at radius 3 is 2.06 bits per heavy atom. The van der Waals surface area contributed by atoms with Crippen molar-refractivity contribution in [1.82, 2.24) is 0 Å². The van der Waals surface area contributed by atoms with E-state index in [1.807, 2.05) is 0 Å². The largest absolute Gasteiger partial charge is 0.382 e. The van der Waals surface area contributed by atoms with Crippen LogP contribution in [0.2, 0.25) is 0 Å². The van der Waals surface area contributed by atoms with Gasteiger partial charge in [-0.3, -0.25) is 0 Å². The molecule has 2 rings (SSSR count). The zero-order valence-corrected chi connectivity index (χ0v) is 10.9. The molecule has 0 spiro atoms. The van der Waals surface area contributed by atoms with Crippen LogP contribution in [0.4, 0.5) is 5.69 Å². The van der Waals surface area contributed by atoms with Crippen molar-refractivity contribution in [2.24, 2.45) is 5.41 Å². The molecule has 1 unspecified atom stereocenters. The van der Waals surface area contributed by atoms with Gasteiger partial charge < -0.3 is 5.32 Å². The Labute approximate surface area is 99.3 Å².